The molecule has 0 aliphatic heterocycles. The average molecular weight is 299 g/mol. The lowest BCUT2D eigenvalue weighted by Crippen LogP contribution is -2.16. The molecule has 114 valence electrons. The third-order valence-electron chi connectivity index (χ3n) is 3.22. The summed E-state index contributed by atoms with van der Waals surface area (Å²) in [5, 5.41) is 3.92. The number of hydrogen-bond donors (Lipinski definition) is 1. The highest BCUT2D eigenvalue weighted by atomic mass is 35.5. The maximum absolute atomic E-state index is 6.13. The smallest absolute Gasteiger partial charge is 0.213 e. The van der Waals surface area contributed by atoms with E-state index in [9.17, 15) is 0 Å². The van der Waals surface area contributed by atoms with Crippen molar-refractivity contribution in [2.24, 2.45) is 0 Å². The topological polar surface area (TPSA) is 34.1 Å². The molecule has 4 heteroatoms. The molecule has 0 saturated carbocycles. The molecule has 0 aliphatic carbocycles. The second kappa shape index (κ2) is 10.0. The number of nitrogens with one attached hydrogen (secondary N) is 1. The predicted octanol–water partition coefficient (Wildman–Crippen LogP) is 4.58. The summed E-state index contributed by atoms with van der Waals surface area (Å²) in [7, 11) is 0. The van der Waals surface area contributed by atoms with Crippen molar-refractivity contribution in [1.29, 1.82) is 0 Å². The Labute approximate surface area is 128 Å². The van der Waals surface area contributed by atoms with Crippen LogP contribution in [0.2, 0.25) is 5.02 Å². The van der Waals surface area contributed by atoms with Gasteiger partial charge in [-0.15, -0.1) is 0 Å². The molecule has 0 aromatic carbocycles. The third-order valence-corrected chi connectivity index (χ3v) is 3.57. The van der Waals surface area contributed by atoms with Gasteiger partial charge >= 0.3 is 0 Å². The van der Waals surface area contributed by atoms with Gasteiger partial charge in [-0.3, -0.25) is 0 Å². The molecule has 1 aromatic rings. The summed E-state index contributed by atoms with van der Waals surface area (Å²) in [5.41, 5.74) is 0.851. The van der Waals surface area contributed by atoms with Gasteiger partial charge in [0.15, 0.2) is 0 Å². The second-order valence-corrected chi connectivity index (χ2v) is 5.54. The molecule has 20 heavy (non-hydrogen) atoms. The maximum atomic E-state index is 6.13. The molecule has 0 amide bonds. The van der Waals surface area contributed by atoms with Crippen molar-refractivity contribution < 1.29 is 4.74 Å². The molecule has 3 nitrogen and oxygen atoms in total. The van der Waals surface area contributed by atoms with Gasteiger partial charge in [0.25, 0.3) is 0 Å². The van der Waals surface area contributed by atoms with E-state index in [4.69, 9.17) is 16.3 Å². The molecular formula is C16H27ClN2O. The van der Waals surface area contributed by atoms with Crippen LogP contribution >= 0.6 is 11.6 Å². The standard InChI is InChI=1S/C16H27ClN2O/c1-4-6-7-8-9-13(3)20-16-11-10-14(17)15(19-16)12-18-5-2/h10-11,13,18H,4-9,12H2,1-3H3. The summed E-state index contributed by atoms with van der Waals surface area (Å²) in [6.07, 6.45) is 6.34. The number of rotatable bonds is 10. The van der Waals surface area contributed by atoms with Crippen LogP contribution in [0.4, 0.5) is 0 Å². The van der Waals surface area contributed by atoms with Crippen LogP contribution in [0.15, 0.2) is 12.1 Å². The zero-order valence-corrected chi connectivity index (χ0v) is 13.7. The van der Waals surface area contributed by atoms with Crippen LogP contribution in [-0.4, -0.2) is 17.6 Å². The van der Waals surface area contributed by atoms with Crippen LogP contribution < -0.4 is 10.1 Å². The summed E-state index contributed by atoms with van der Waals surface area (Å²) in [5.74, 6) is 0.672. The summed E-state index contributed by atoms with van der Waals surface area (Å²) in [6.45, 7) is 7.97. The number of pyridine rings is 1. The minimum atomic E-state index is 0.201. The maximum Gasteiger partial charge on any atom is 0.213 e. The van der Waals surface area contributed by atoms with Crippen LogP contribution in [0.1, 0.15) is 58.6 Å². The molecule has 1 aromatic heterocycles. The Hall–Kier alpha value is -0.800. The molecule has 1 heterocycles. The first kappa shape index (κ1) is 17.3. The minimum absolute atomic E-state index is 0.201. The summed E-state index contributed by atoms with van der Waals surface area (Å²) >= 11 is 6.13. The van der Waals surface area contributed by atoms with Crippen molar-refractivity contribution in [3.05, 3.63) is 22.8 Å². The van der Waals surface area contributed by atoms with Crippen molar-refractivity contribution >= 4 is 11.6 Å². The first-order chi connectivity index (χ1) is 9.67. The molecule has 0 bridgehead atoms. The Morgan fingerprint density at radius 3 is 2.75 bits per heavy atom. The summed E-state index contributed by atoms with van der Waals surface area (Å²) in [6, 6.07) is 3.71. The third kappa shape index (κ3) is 6.58. The molecule has 1 N–H and O–H groups in total. The van der Waals surface area contributed by atoms with E-state index in [2.05, 4.69) is 31.1 Å². The lowest BCUT2D eigenvalue weighted by atomic mass is 10.1. The van der Waals surface area contributed by atoms with E-state index in [0.29, 0.717) is 17.4 Å². The van der Waals surface area contributed by atoms with Gasteiger partial charge in [-0.1, -0.05) is 44.7 Å². The van der Waals surface area contributed by atoms with Crippen molar-refractivity contribution in [2.45, 2.75) is 65.5 Å². The zero-order chi connectivity index (χ0) is 14.8. The number of halogens is 1. The van der Waals surface area contributed by atoms with Gasteiger partial charge in [-0.2, -0.15) is 0 Å². The van der Waals surface area contributed by atoms with Gasteiger partial charge in [0.1, 0.15) is 0 Å². The fourth-order valence-electron chi connectivity index (χ4n) is 2.02. The van der Waals surface area contributed by atoms with Crippen LogP contribution in [0.3, 0.4) is 0 Å². The van der Waals surface area contributed by atoms with Crippen LogP contribution in [0, 0.1) is 0 Å². The van der Waals surface area contributed by atoms with Crippen LogP contribution in [-0.2, 0) is 6.54 Å². The SMILES string of the molecule is CCCCCCC(C)Oc1ccc(Cl)c(CNCC)n1. The lowest BCUT2D eigenvalue weighted by molar-refractivity contribution is 0.197. The fourth-order valence-corrected chi connectivity index (χ4v) is 2.19. The highest BCUT2D eigenvalue weighted by Crippen LogP contribution is 2.19. The summed E-state index contributed by atoms with van der Waals surface area (Å²) < 4.78 is 5.87. The van der Waals surface area contributed by atoms with Gasteiger partial charge in [-0.25, -0.2) is 4.98 Å². The molecule has 1 rings (SSSR count). The Kier molecular flexibility index (Phi) is 8.63. The van der Waals surface area contributed by atoms with E-state index in [1.807, 2.05) is 12.1 Å². The van der Waals surface area contributed by atoms with E-state index >= 15 is 0 Å². The highest BCUT2D eigenvalue weighted by molar-refractivity contribution is 6.31. The van der Waals surface area contributed by atoms with E-state index in [0.717, 1.165) is 18.7 Å². The Morgan fingerprint density at radius 2 is 2.05 bits per heavy atom. The Morgan fingerprint density at radius 1 is 1.25 bits per heavy atom. The van der Waals surface area contributed by atoms with Gasteiger partial charge in [-0.05, 0) is 32.4 Å². The predicted molar refractivity (Wildman–Crippen MR) is 85.5 cm³/mol. The molecule has 0 fully saturated rings. The number of unbranched alkanes of at least 4 members (excludes halogenated alkanes) is 3. The summed E-state index contributed by atoms with van der Waals surface area (Å²) in [4.78, 5) is 4.48. The molecule has 0 radical (unpaired) electrons. The monoisotopic (exact) mass is 298 g/mol. The second-order valence-electron chi connectivity index (χ2n) is 5.14. The van der Waals surface area contributed by atoms with E-state index in [-0.39, 0.29) is 6.10 Å². The van der Waals surface area contributed by atoms with Crippen molar-refractivity contribution in [3.63, 3.8) is 0 Å². The minimum Gasteiger partial charge on any atom is -0.475 e. The quantitative estimate of drug-likeness (QED) is 0.642. The van der Waals surface area contributed by atoms with Gasteiger partial charge in [0.2, 0.25) is 5.88 Å². The molecule has 0 aliphatic rings. The van der Waals surface area contributed by atoms with E-state index < -0.39 is 0 Å². The molecular weight excluding hydrogens is 272 g/mol. The van der Waals surface area contributed by atoms with Gasteiger partial charge in [0, 0.05) is 12.6 Å². The number of nitrogens with zero attached hydrogens (tertiary/aromatic N) is 1. The van der Waals surface area contributed by atoms with Crippen molar-refractivity contribution in [3.8, 4) is 5.88 Å². The van der Waals surface area contributed by atoms with Gasteiger partial charge < -0.3 is 10.1 Å². The largest absolute Gasteiger partial charge is 0.475 e. The van der Waals surface area contributed by atoms with E-state index in [1.165, 1.54) is 25.7 Å². The van der Waals surface area contributed by atoms with Crippen molar-refractivity contribution in [1.82, 2.24) is 10.3 Å². The van der Waals surface area contributed by atoms with Crippen molar-refractivity contribution in [2.75, 3.05) is 6.54 Å². The van der Waals surface area contributed by atoms with Crippen LogP contribution in [0.25, 0.3) is 0 Å². The number of ether oxygens (including phenoxy) is 1. The Bertz CT molecular complexity index is 385. The molecule has 0 spiro atoms. The number of hydrogen-bond acceptors (Lipinski definition) is 3. The molecule has 1 unspecified atom stereocenters. The molecule has 1 atom stereocenters. The number of aromatic nitrogens is 1. The highest BCUT2D eigenvalue weighted by Gasteiger charge is 2.08. The first-order valence-electron chi connectivity index (χ1n) is 7.70. The van der Waals surface area contributed by atoms with Gasteiger partial charge in [0.05, 0.1) is 16.8 Å². The fraction of sp³-hybridized carbons (Fsp3) is 0.688. The average Bonchev–Trinajstić information content (AvgIpc) is 2.44. The van der Waals surface area contributed by atoms with E-state index in [1.54, 1.807) is 0 Å². The van der Waals surface area contributed by atoms with Crippen LogP contribution in [0.5, 0.6) is 5.88 Å². The lowest BCUT2D eigenvalue weighted by Gasteiger charge is -2.15. The molecule has 0 saturated heterocycles. The first-order valence-corrected chi connectivity index (χ1v) is 8.08. The normalized spacial score (nSPS) is 12.4. The Balaban J connectivity index is 2.46. The zero-order valence-electron chi connectivity index (χ0n) is 12.9.